The Hall–Kier alpha value is -3.78. The number of aryl methyl sites for hydroxylation is 2. The topological polar surface area (TPSA) is 98.7 Å². The summed E-state index contributed by atoms with van der Waals surface area (Å²) in [6, 6.07) is 25.7. The molecule has 0 aliphatic heterocycles. The molecule has 4 aromatic rings. The number of nitrogens with one attached hydrogen (secondary N) is 2. The van der Waals surface area contributed by atoms with Crippen molar-refractivity contribution in [3.63, 3.8) is 0 Å². The van der Waals surface area contributed by atoms with Gasteiger partial charge < -0.3 is 20.8 Å². The van der Waals surface area contributed by atoms with Crippen molar-refractivity contribution in [2.45, 2.75) is 37.6 Å². The van der Waals surface area contributed by atoms with Crippen LogP contribution < -0.4 is 10.6 Å². The molecule has 0 fully saturated rings. The molecule has 0 saturated carbocycles. The first-order valence-electron chi connectivity index (χ1n) is 12.5. The maximum absolute atomic E-state index is 11.1. The van der Waals surface area contributed by atoms with E-state index in [2.05, 4.69) is 20.5 Å². The van der Waals surface area contributed by atoms with E-state index in [1.54, 1.807) is 36.4 Å². The van der Waals surface area contributed by atoms with E-state index < -0.39 is 11.9 Å². The zero-order chi connectivity index (χ0) is 28.9. The van der Waals surface area contributed by atoms with Crippen LogP contribution in [0.3, 0.4) is 0 Å². The molecule has 7 heteroatoms. The number of benzene rings is 4. The summed E-state index contributed by atoms with van der Waals surface area (Å²) in [5.41, 5.74) is 8.23. The predicted octanol–water partition coefficient (Wildman–Crippen LogP) is 8.28. The second-order valence-corrected chi connectivity index (χ2v) is 11.8. The van der Waals surface area contributed by atoms with Crippen molar-refractivity contribution in [3.8, 4) is 0 Å². The normalized spacial score (nSPS) is 9.79. The number of para-hydroxylation sites is 2. The summed E-state index contributed by atoms with van der Waals surface area (Å²) in [4.78, 5) is 26.8. The molecule has 0 atom stereocenters. The Morgan fingerprint density at radius 2 is 0.846 bits per heavy atom. The van der Waals surface area contributed by atoms with E-state index >= 15 is 0 Å². The van der Waals surface area contributed by atoms with Crippen LogP contribution in [-0.2, 0) is 0 Å². The number of aromatic carboxylic acids is 2. The van der Waals surface area contributed by atoms with Gasteiger partial charge in [-0.25, -0.2) is 9.59 Å². The van der Waals surface area contributed by atoms with Crippen molar-refractivity contribution in [1.82, 2.24) is 0 Å². The molecule has 0 saturated heterocycles. The summed E-state index contributed by atoms with van der Waals surface area (Å²) in [5, 5.41) is 24.6. The summed E-state index contributed by atoms with van der Waals surface area (Å²) in [6.45, 7) is 8.09. The average molecular weight is 631 g/mol. The molecule has 0 amide bonds. The van der Waals surface area contributed by atoms with E-state index in [4.69, 9.17) is 10.2 Å². The van der Waals surface area contributed by atoms with Gasteiger partial charge in [-0.3, -0.25) is 0 Å². The van der Waals surface area contributed by atoms with Crippen LogP contribution in [0.4, 0.5) is 22.7 Å². The summed E-state index contributed by atoms with van der Waals surface area (Å²) in [5.74, 6) is -1.85. The van der Waals surface area contributed by atoms with Crippen molar-refractivity contribution >= 4 is 55.8 Å². The fourth-order valence-corrected chi connectivity index (χ4v) is 3.62. The zero-order valence-electron chi connectivity index (χ0n) is 23.3. The van der Waals surface area contributed by atoms with Crippen molar-refractivity contribution in [2.75, 3.05) is 10.6 Å². The van der Waals surface area contributed by atoms with Gasteiger partial charge in [-0.1, -0.05) is 48.5 Å². The predicted molar refractivity (Wildman–Crippen MR) is 163 cm³/mol. The Bertz CT molecular complexity index is 1310. The second kappa shape index (κ2) is 15.6. The van der Waals surface area contributed by atoms with Crippen molar-refractivity contribution in [2.24, 2.45) is 0 Å². The van der Waals surface area contributed by atoms with Gasteiger partial charge in [0.25, 0.3) is 0 Å². The van der Waals surface area contributed by atoms with Crippen molar-refractivity contribution in [1.29, 1.82) is 0 Å². The van der Waals surface area contributed by atoms with E-state index in [0.717, 1.165) is 22.5 Å². The summed E-state index contributed by atoms with van der Waals surface area (Å²) < 4.78 is 0. The van der Waals surface area contributed by atoms with E-state index in [0.29, 0.717) is 11.4 Å². The number of carboxylic acid groups (broad SMARTS) is 2. The quantitative estimate of drug-likeness (QED) is 0.160. The van der Waals surface area contributed by atoms with Gasteiger partial charge in [0.1, 0.15) is 0 Å². The molecule has 0 spiro atoms. The molecule has 4 N–H and O–H groups in total. The van der Waals surface area contributed by atoms with Crippen LogP contribution in [0.25, 0.3) is 0 Å². The number of hydrogen-bond acceptors (Lipinski definition) is 4. The van der Waals surface area contributed by atoms with Crippen LogP contribution in [0.15, 0.2) is 84.9 Å². The fourth-order valence-electron chi connectivity index (χ4n) is 3.62. The molecule has 0 bridgehead atoms. The minimum absolute atomic E-state index is 0.230. The molecule has 0 aliphatic rings. The Kier molecular flexibility index (Phi) is 12.6. The summed E-state index contributed by atoms with van der Waals surface area (Å²) in [7, 11) is 0. The minimum atomic E-state index is -0.927. The van der Waals surface area contributed by atoms with Crippen LogP contribution in [0, 0.1) is 27.7 Å². The van der Waals surface area contributed by atoms with E-state index in [9.17, 15) is 9.59 Å². The molecule has 0 aromatic heterocycles. The number of hydrogen-bond donors (Lipinski definition) is 4. The van der Waals surface area contributed by atoms with Crippen LogP contribution in [0.1, 0.15) is 43.0 Å². The van der Waals surface area contributed by atoms with E-state index in [1.165, 1.54) is 11.1 Å². The first-order chi connectivity index (χ1) is 18.6. The molecule has 4 rings (SSSR count). The van der Waals surface area contributed by atoms with Crippen LogP contribution in [-0.4, -0.2) is 43.3 Å². The molecule has 202 valence electrons. The van der Waals surface area contributed by atoms with Gasteiger partial charge in [0.15, 0.2) is 0 Å². The van der Waals surface area contributed by atoms with Crippen LogP contribution >= 0.6 is 0 Å². The third kappa shape index (κ3) is 9.18. The van der Waals surface area contributed by atoms with Gasteiger partial charge in [-0.05, 0) is 86.3 Å². The number of anilines is 4. The van der Waals surface area contributed by atoms with Crippen molar-refractivity contribution in [3.05, 3.63) is 118 Å². The van der Waals surface area contributed by atoms with Gasteiger partial charge in [0, 0.05) is 11.4 Å². The van der Waals surface area contributed by atoms with E-state index in [-0.39, 0.29) is 32.3 Å². The van der Waals surface area contributed by atoms with Gasteiger partial charge >= 0.3 is 43.0 Å². The molecule has 0 unspecified atom stereocenters. The standard InChI is InChI=1S/2C15H15NO2.2CH3.Sn/c2*1-10-6-5-9-13(11(10)2)16-14-8-4-3-7-12(14)15(17)18;;;/h2*3-9,16H,1-2H3,(H,17,18);2*1H3;. The molecular formula is C32H36N2O4Sn. The number of carboxylic acids is 2. The Morgan fingerprint density at radius 1 is 0.538 bits per heavy atom. The van der Waals surface area contributed by atoms with E-state index in [1.807, 2.05) is 76.2 Å². The first-order valence-corrected chi connectivity index (χ1v) is 18.2. The molecule has 39 heavy (non-hydrogen) atoms. The monoisotopic (exact) mass is 632 g/mol. The summed E-state index contributed by atoms with van der Waals surface area (Å²) in [6.07, 6.45) is 0. The third-order valence-electron chi connectivity index (χ3n) is 6.06. The molecule has 0 aliphatic carbocycles. The van der Waals surface area contributed by atoms with Crippen LogP contribution in [0.2, 0.25) is 9.88 Å². The molecular weight excluding hydrogens is 595 g/mol. The second-order valence-electron chi connectivity index (χ2n) is 8.95. The third-order valence-corrected chi connectivity index (χ3v) is 6.06. The maximum atomic E-state index is 11.1. The Labute approximate surface area is 241 Å². The van der Waals surface area contributed by atoms with Gasteiger partial charge in [-0.2, -0.15) is 0 Å². The van der Waals surface area contributed by atoms with Gasteiger partial charge in [0.2, 0.25) is 0 Å². The number of rotatable bonds is 6. The summed E-state index contributed by atoms with van der Waals surface area (Å²) >= 11 is 0.230. The van der Waals surface area contributed by atoms with Gasteiger partial charge in [0.05, 0.1) is 22.5 Å². The molecule has 4 aromatic carbocycles. The molecule has 0 heterocycles. The fraction of sp³-hybridized carbons (Fsp3) is 0.188. The number of carbonyl (C=O) groups is 2. The van der Waals surface area contributed by atoms with Crippen LogP contribution in [0.5, 0.6) is 0 Å². The van der Waals surface area contributed by atoms with Gasteiger partial charge in [-0.15, -0.1) is 0 Å². The first kappa shape index (κ1) is 31.4. The average Bonchev–Trinajstić information content (AvgIpc) is 2.91. The molecule has 2 radical (unpaired) electrons. The Morgan fingerprint density at radius 3 is 1.18 bits per heavy atom. The molecule has 6 nitrogen and oxygen atoms in total. The Balaban J connectivity index is 0.000000249. The van der Waals surface area contributed by atoms with Crippen molar-refractivity contribution < 1.29 is 19.8 Å². The zero-order valence-corrected chi connectivity index (χ0v) is 26.1. The SMILES string of the molecule is Cc1cccc(Nc2ccccc2C(=O)O)c1C.Cc1cccc(Nc2ccccc2C(=O)O)c1C.[CH3][Sn][CH3].